The van der Waals surface area contributed by atoms with Gasteiger partial charge in [-0.25, -0.2) is 10.1 Å². The van der Waals surface area contributed by atoms with E-state index in [-0.39, 0.29) is 12.5 Å². The van der Waals surface area contributed by atoms with E-state index >= 15 is 0 Å². The van der Waals surface area contributed by atoms with Crippen molar-refractivity contribution in [3.8, 4) is 0 Å². The summed E-state index contributed by atoms with van der Waals surface area (Å²) in [5, 5.41) is 16.1. The molecule has 9 heteroatoms. The lowest BCUT2D eigenvalue weighted by atomic mass is 10.2. The minimum atomic E-state index is -0.876. The summed E-state index contributed by atoms with van der Waals surface area (Å²) in [7, 11) is 3.05. The Kier molecular flexibility index (Phi) is 4.20. The number of nitrogens with zero attached hydrogens (tertiary/aromatic N) is 3. The standard InChI is InChI=1S/C11H16N4O5/c1-18-11(19-2)7-12-10(13-15(16)17)14(8-11)5-9-3-4-20-6-9/h3-4,6H,5,7-8H2,1-2H3,(H,12,13). The van der Waals surface area contributed by atoms with Gasteiger partial charge in [-0.3, -0.25) is 0 Å². The van der Waals surface area contributed by atoms with E-state index in [0.29, 0.717) is 13.1 Å². The van der Waals surface area contributed by atoms with Gasteiger partial charge in [0.15, 0.2) is 5.03 Å². The van der Waals surface area contributed by atoms with Crippen LogP contribution in [0.3, 0.4) is 0 Å². The molecular formula is C11H16N4O5. The van der Waals surface area contributed by atoms with E-state index in [4.69, 9.17) is 13.9 Å². The zero-order valence-corrected chi connectivity index (χ0v) is 11.2. The first-order chi connectivity index (χ1) is 9.58. The summed E-state index contributed by atoms with van der Waals surface area (Å²) in [5.41, 5.74) is 0.867. The van der Waals surface area contributed by atoms with Crippen molar-refractivity contribution in [2.45, 2.75) is 12.3 Å². The third kappa shape index (κ3) is 3.06. The second-order valence-corrected chi connectivity index (χ2v) is 4.32. The largest absolute Gasteiger partial charge is 0.472 e. The molecule has 1 aliphatic rings. The lowest BCUT2D eigenvalue weighted by Gasteiger charge is -2.41. The van der Waals surface area contributed by atoms with Crippen LogP contribution in [0.4, 0.5) is 0 Å². The molecule has 0 spiro atoms. The van der Waals surface area contributed by atoms with Crippen molar-refractivity contribution in [2.75, 3.05) is 27.3 Å². The Morgan fingerprint density at radius 2 is 2.35 bits per heavy atom. The van der Waals surface area contributed by atoms with E-state index in [0.717, 1.165) is 5.56 Å². The van der Waals surface area contributed by atoms with Crippen LogP contribution in [0.1, 0.15) is 5.56 Å². The molecule has 2 heterocycles. The van der Waals surface area contributed by atoms with Crippen molar-refractivity contribution in [2.24, 2.45) is 5.10 Å². The van der Waals surface area contributed by atoms with E-state index in [2.05, 4.69) is 10.4 Å². The highest BCUT2D eigenvalue weighted by Gasteiger charge is 2.39. The molecule has 0 unspecified atom stereocenters. The Morgan fingerprint density at radius 3 is 2.90 bits per heavy atom. The lowest BCUT2D eigenvalue weighted by Crippen LogP contribution is -2.62. The van der Waals surface area contributed by atoms with Gasteiger partial charge in [-0.1, -0.05) is 0 Å². The van der Waals surface area contributed by atoms with E-state index in [1.54, 1.807) is 17.2 Å². The quantitative estimate of drug-likeness (QED) is 0.468. The van der Waals surface area contributed by atoms with E-state index in [1.807, 2.05) is 0 Å². The molecule has 9 nitrogen and oxygen atoms in total. The lowest BCUT2D eigenvalue weighted by molar-refractivity contribution is -0.486. The molecule has 20 heavy (non-hydrogen) atoms. The van der Waals surface area contributed by atoms with Crippen LogP contribution in [0.2, 0.25) is 0 Å². The number of methoxy groups -OCH3 is 2. The third-order valence-corrected chi connectivity index (χ3v) is 3.12. The zero-order valence-electron chi connectivity index (χ0n) is 11.2. The summed E-state index contributed by atoms with van der Waals surface area (Å²) >= 11 is 0. The van der Waals surface area contributed by atoms with Crippen LogP contribution in [-0.4, -0.2) is 49.0 Å². The Labute approximate surface area is 115 Å². The fraction of sp³-hybridized carbons (Fsp3) is 0.545. The molecule has 0 aliphatic carbocycles. The molecule has 0 aromatic carbocycles. The van der Waals surface area contributed by atoms with Crippen LogP contribution >= 0.6 is 0 Å². The maximum atomic E-state index is 10.6. The van der Waals surface area contributed by atoms with Crippen molar-refractivity contribution in [3.05, 3.63) is 34.3 Å². The molecule has 1 N–H and O–H groups in total. The maximum Gasteiger partial charge on any atom is 0.272 e. The fourth-order valence-corrected chi connectivity index (χ4v) is 2.01. The number of hydrogen-bond acceptors (Lipinski definition) is 5. The third-order valence-electron chi connectivity index (χ3n) is 3.12. The minimum Gasteiger partial charge on any atom is -0.472 e. The maximum absolute atomic E-state index is 10.6. The predicted octanol–water partition coefficient (Wildman–Crippen LogP) is 0.222. The number of hydrogen-bond donors (Lipinski definition) is 1. The summed E-state index contributed by atoms with van der Waals surface area (Å²) in [6, 6.07) is 1.78. The van der Waals surface area contributed by atoms with E-state index in [1.165, 1.54) is 20.5 Å². The first kappa shape index (κ1) is 14.3. The van der Waals surface area contributed by atoms with Gasteiger partial charge in [0.25, 0.3) is 5.96 Å². The van der Waals surface area contributed by atoms with Gasteiger partial charge in [0.1, 0.15) is 5.10 Å². The molecule has 2 rings (SSSR count). The van der Waals surface area contributed by atoms with E-state index < -0.39 is 10.8 Å². The Hall–Kier alpha value is -2.13. The first-order valence-electron chi connectivity index (χ1n) is 5.92. The van der Waals surface area contributed by atoms with Crippen LogP contribution in [0.25, 0.3) is 0 Å². The zero-order chi connectivity index (χ0) is 14.6. The number of hydrazone groups is 1. The molecule has 1 aromatic heterocycles. The molecule has 0 amide bonds. The molecule has 0 radical (unpaired) electrons. The smallest absolute Gasteiger partial charge is 0.272 e. The van der Waals surface area contributed by atoms with Gasteiger partial charge in [-0.05, 0) is 6.07 Å². The number of rotatable bonds is 5. The average Bonchev–Trinajstić information content (AvgIpc) is 2.93. The van der Waals surface area contributed by atoms with E-state index in [9.17, 15) is 10.1 Å². The highest BCUT2D eigenvalue weighted by Crippen LogP contribution is 2.19. The van der Waals surface area contributed by atoms with Gasteiger partial charge >= 0.3 is 0 Å². The predicted molar refractivity (Wildman–Crippen MR) is 68.3 cm³/mol. The highest BCUT2D eigenvalue weighted by molar-refractivity contribution is 5.80. The van der Waals surface area contributed by atoms with Crippen LogP contribution in [-0.2, 0) is 16.0 Å². The van der Waals surface area contributed by atoms with Gasteiger partial charge < -0.3 is 24.1 Å². The van der Waals surface area contributed by atoms with Crippen LogP contribution in [0, 0.1) is 10.1 Å². The molecule has 1 saturated heterocycles. The topological polar surface area (TPSA) is 102 Å². The number of guanidine groups is 1. The normalized spacial score (nSPS) is 19.9. The van der Waals surface area contributed by atoms with Crippen molar-refractivity contribution < 1.29 is 18.9 Å². The van der Waals surface area contributed by atoms with Crippen molar-refractivity contribution in [1.82, 2.24) is 10.2 Å². The molecular weight excluding hydrogens is 268 g/mol. The molecule has 0 saturated carbocycles. The van der Waals surface area contributed by atoms with Gasteiger partial charge in [0.2, 0.25) is 5.79 Å². The molecule has 1 aliphatic heterocycles. The molecule has 0 atom stereocenters. The van der Waals surface area contributed by atoms with Crippen molar-refractivity contribution in [1.29, 1.82) is 0 Å². The first-order valence-corrected chi connectivity index (χ1v) is 5.92. The van der Waals surface area contributed by atoms with Crippen LogP contribution in [0.15, 0.2) is 28.1 Å². The van der Waals surface area contributed by atoms with Gasteiger partial charge in [-0.2, -0.15) is 0 Å². The second kappa shape index (κ2) is 5.88. The van der Waals surface area contributed by atoms with Crippen LogP contribution < -0.4 is 5.32 Å². The monoisotopic (exact) mass is 284 g/mol. The van der Waals surface area contributed by atoms with Gasteiger partial charge in [0.05, 0.1) is 25.6 Å². The summed E-state index contributed by atoms with van der Waals surface area (Å²) in [4.78, 5) is 12.3. The Balaban J connectivity index is 2.20. The average molecular weight is 284 g/mol. The summed E-state index contributed by atoms with van der Waals surface area (Å²) in [5.74, 6) is -0.708. The number of nitro groups is 1. The van der Waals surface area contributed by atoms with Gasteiger partial charge in [0, 0.05) is 26.3 Å². The van der Waals surface area contributed by atoms with Crippen LogP contribution in [0.5, 0.6) is 0 Å². The molecule has 1 fully saturated rings. The molecule has 0 bridgehead atoms. The van der Waals surface area contributed by atoms with Crippen molar-refractivity contribution in [3.63, 3.8) is 0 Å². The molecule has 1 aromatic rings. The Bertz CT molecular complexity index is 483. The van der Waals surface area contributed by atoms with Gasteiger partial charge in [-0.15, -0.1) is 0 Å². The summed E-state index contributed by atoms with van der Waals surface area (Å²) in [6.45, 7) is 0.976. The molecule has 110 valence electrons. The number of nitrogens with one attached hydrogen (secondary N) is 1. The summed E-state index contributed by atoms with van der Waals surface area (Å²) in [6.07, 6.45) is 3.11. The number of ether oxygens (including phenoxy) is 2. The number of furan rings is 1. The van der Waals surface area contributed by atoms with Crippen molar-refractivity contribution >= 4 is 5.96 Å². The highest BCUT2D eigenvalue weighted by atomic mass is 16.7. The Morgan fingerprint density at radius 1 is 1.60 bits per heavy atom. The second-order valence-electron chi connectivity index (χ2n) is 4.32. The summed E-state index contributed by atoms with van der Waals surface area (Å²) < 4.78 is 15.7. The fourth-order valence-electron chi connectivity index (χ4n) is 2.01. The minimum absolute atomic E-state index is 0.168. The SMILES string of the molecule is COC1(OC)CNC(=N[N+](=O)[O-])N(Cc2ccoc2)C1.